The summed E-state index contributed by atoms with van der Waals surface area (Å²) in [7, 11) is 0. The summed E-state index contributed by atoms with van der Waals surface area (Å²) in [5, 5.41) is 11.3. The molecule has 2 heterocycles. The van der Waals surface area contributed by atoms with Crippen molar-refractivity contribution in [3.8, 4) is 34.2 Å². The van der Waals surface area contributed by atoms with Gasteiger partial charge in [-0.15, -0.1) is 0 Å². The van der Waals surface area contributed by atoms with Crippen LogP contribution in [0.4, 0.5) is 0 Å². The van der Waals surface area contributed by atoms with Crippen molar-refractivity contribution in [2.45, 2.75) is 0 Å². The molecule has 218 valence electrons. The molecule has 0 aliphatic carbocycles. The van der Waals surface area contributed by atoms with Crippen molar-refractivity contribution in [1.29, 1.82) is 0 Å². The van der Waals surface area contributed by atoms with Crippen LogP contribution in [0.3, 0.4) is 0 Å². The molecule has 47 heavy (non-hydrogen) atoms. The fraction of sp³-hybridized carbons (Fsp3) is 0. The number of hydrogen-bond acceptors (Lipinski definition) is 4. The second kappa shape index (κ2) is 10.1. The Morgan fingerprint density at radius 2 is 0.957 bits per heavy atom. The molecule has 0 N–H and O–H groups in total. The third kappa shape index (κ3) is 4.05. The van der Waals surface area contributed by atoms with Crippen molar-refractivity contribution >= 4 is 65.0 Å². The van der Waals surface area contributed by atoms with Crippen molar-refractivity contribution in [2.24, 2.45) is 0 Å². The summed E-state index contributed by atoms with van der Waals surface area (Å²) < 4.78 is 6.79. The number of hydrogen-bond donors (Lipinski definition) is 0. The first kappa shape index (κ1) is 25.9. The lowest BCUT2D eigenvalue weighted by Gasteiger charge is -2.13. The topological polar surface area (TPSA) is 51.8 Å². The maximum Gasteiger partial charge on any atom is 0.164 e. The molecule has 8 aromatic carbocycles. The number of fused-ring (bicyclic) bond motifs is 10. The Kier molecular flexibility index (Phi) is 5.54. The first-order valence-electron chi connectivity index (χ1n) is 15.8. The highest BCUT2D eigenvalue weighted by atomic mass is 16.3. The minimum Gasteiger partial charge on any atom is -0.455 e. The number of rotatable bonds is 3. The van der Waals surface area contributed by atoms with Crippen LogP contribution >= 0.6 is 0 Å². The van der Waals surface area contributed by atoms with Gasteiger partial charge in [-0.05, 0) is 50.5 Å². The zero-order chi connectivity index (χ0) is 30.9. The molecular weight excluding hydrogens is 574 g/mol. The fourth-order valence-corrected chi connectivity index (χ4v) is 7.03. The number of aromatic nitrogens is 3. The summed E-state index contributed by atoms with van der Waals surface area (Å²) >= 11 is 0. The van der Waals surface area contributed by atoms with Gasteiger partial charge in [0.1, 0.15) is 11.2 Å². The number of furan rings is 1. The molecule has 0 unspecified atom stereocenters. The van der Waals surface area contributed by atoms with Crippen LogP contribution in [-0.4, -0.2) is 15.0 Å². The maximum atomic E-state index is 6.79. The second-order valence-corrected chi connectivity index (χ2v) is 12.0. The lowest BCUT2D eigenvalue weighted by Crippen LogP contribution is -2.00. The van der Waals surface area contributed by atoms with Crippen molar-refractivity contribution in [1.82, 2.24) is 15.0 Å². The lowest BCUT2D eigenvalue weighted by atomic mass is 9.93. The van der Waals surface area contributed by atoms with Gasteiger partial charge in [0.15, 0.2) is 17.5 Å². The molecule has 0 radical (unpaired) electrons. The molecule has 4 heteroatoms. The van der Waals surface area contributed by atoms with E-state index in [0.29, 0.717) is 17.5 Å². The molecule has 0 fully saturated rings. The van der Waals surface area contributed by atoms with E-state index in [4.69, 9.17) is 19.4 Å². The zero-order valence-corrected chi connectivity index (χ0v) is 25.2. The summed E-state index contributed by atoms with van der Waals surface area (Å²) in [6, 6.07) is 52.7. The maximum absolute atomic E-state index is 6.79. The Balaban J connectivity index is 1.32. The Labute approximate surface area is 269 Å². The van der Waals surface area contributed by atoms with E-state index in [1.54, 1.807) is 0 Å². The minimum atomic E-state index is 0.606. The van der Waals surface area contributed by atoms with Crippen LogP contribution in [0, 0.1) is 0 Å². The normalized spacial score (nSPS) is 11.8. The molecule has 0 atom stereocenters. The average molecular weight is 600 g/mol. The van der Waals surface area contributed by atoms with Gasteiger partial charge in [-0.2, -0.15) is 0 Å². The number of nitrogens with zero attached hydrogens (tertiary/aromatic N) is 3. The van der Waals surface area contributed by atoms with E-state index in [1.165, 1.54) is 16.2 Å². The highest BCUT2D eigenvalue weighted by molar-refractivity contribution is 6.31. The van der Waals surface area contributed by atoms with Crippen LogP contribution in [-0.2, 0) is 0 Å². The predicted molar refractivity (Wildman–Crippen MR) is 193 cm³/mol. The highest BCUT2D eigenvalue weighted by Gasteiger charge is 2.21. The molecule has 4 nitrogen and oxygen atoms in total. The van der Waals surface area contributed by atoms with E-state index in [0.717, 1.165) is 65.6 Å². The summed E-state index contributed by atoms with van der Waals surface area (Å²) in [4.78, 5) is 15.3. The summed E-state index contributed by atoms with van der Waals surface area (Å²) in [5.41, 5.74) is 4.48. The average Bonchev–Trinajstić information content (AvgIpc) is 3.53. The van der Waals surface area contributed by atoms with Crippen molar-refractivity contribution in [3.63, 3.8) is 0 Å². The molecule has 0 spiro atoms. The van der Waals surface area contributed by atoms with E-state index in [9.17, 15) is 0 Å². The molecule has 0 bridgehead atoms. The van der Waals surface area contributed by atoms with Crippen molar-refractivity contribution < 1.29 is 4.42 Å². The van der Waals surface area contributed by atoms with Gasteiger partial charge in [-0.1, -0.05) is 133 Å². The Bertz CT molecular complexity index is 2850. The van der Waals surface area contributed by atoms with Crippen molar-refractivity contribution in [2.75, 3.05) is 0 Å². The van der Waals surface area contributed by atoms with Crippen LogP contribution in [0.15, 0.2) is 156 Å². The third-order valence-electron chi connectivity index (χ3n) is 9.27. The minimum absolute atomic E-state index is 0.606. The Morgan fingerprint density at radius 1 is 0.362 bits per heavy atom. The van der Waals surface area contributed by atoms with Gasteiger partial charge in [0, 0.05) is 38.2 Å². The third-order valence-corrected chi connectivity index (χ3v) is 9.27. The molecule has 0 saturated carbocycles. The standard InChI is InChI=1S/C43H25N3O/c1-2-13-29(14-3-1)41-44-42(31-19-18-26-10-4-5-15-30(26)24-31)46-43(45-41)36-25-37-39(38-32-16-8-6-11-27(32)20-22-34(36)38)35-23-21-28-12-7-9-17-33(28)40(35)47-37/h1-25H. The SMILES string of the molecule is c1ccc(-c2nc(-c3ccc4ccccc4c3)nc(-c3cc4oc5c6ccccc6ccc5c4c4c3ccc3ccccc34)n2)cc1. The molecule has 10 aromatic rings. The van der Waals surface area contributed by atoms with E-state index in [1.807, 2.05) is 30.3 Å². The van der Waals surface area contributed by atoms with Crippen LogP contribution in [0.1, 0.15) is 0 Å². The van der Waals surface area contributed by atoms with E-state index >= 15 is 0 Å². The lowest BCUT2D eigenvalue weighted by molar-refractivity contribution is 0.673. The van der Waals surface area contributed by atoms with Crippen LogP contribution < -0.4 is 0 Å². The number of benzene rings is 8. The quantitative estimate of drug-likeness (QED) is 0.190. The summed E-state index contributed by atoms with van der Waals surface area (Å²) in [6.45, 7) is 0. The molecule has 0 aliphatic rings. The largest absolute Gasteiger partial charge is 0.455 e. The van der Waals surface area contributed by atoms with Crippen LogP contribution in [0.2, 0.25) is 0 Å². The smallest absolute Gasteiger partial charge is 0.164 e. The summed E-state index contributed by atoms with van der Waals surface area (Å²) in [6.07, 6.45) is 0. The molecular formula is C43H25N3O. The Morgan fingerprint density at radius 3 is 1.77 bits per heavy atom. The van der Waals surface area contributed by atoms with E-state index in [2.05, 4.69) is 121 Å². The van der Waals surface area contributed by atoms with Gasteiger partial charge < -0.3 is 4.42 Å². The van der Waals surface area contributed by atoms with Gasteiger partial charge in [-0.3, -0.25) is 0 Å². The van der Waals surface area contributed by atoms with Crippen molar-refractivity contribution in [3.05, 3.63) is 152 Å². The van der Waals surface area contributed by atoms with Gasteiger partial charge in [0.2, 0.25) is 0 Å². The van der Waals surface area contributed by atoms with Gasteiger partial charge in [0.25, 0.3) is 0 Å². The molecule has 0 aliphatic heterocycles. The molecule has 0 saturated heterocycles. The molecule has 2 aromatic heterocycles. The first-order chi connectivity index (χ1) is 23.3. The van der Waals surface area contributed by atoms with Crippen LogP contribution in [0.25, 0.3) is 99.2 Å². The van der Waals surface area contributed by atoms with Gasteiger partial charge in [0.05, 0.1) is 0 Å². The first-order valence-corrected chi connectivity index (χ1v) is 15.8. The molecule has 0 amide bonds. The highest BCUT2D eigenvalue weighted by Crippen LogP contribution is 2.44. The monoisotopic (exact) mass is 599 g/mol. The fourth-order valence-electron chi connectivity index (χ4n) is 7.03. The Hall–Kier alpha value is -6.39. The second-order valence-electron chi connectivity index (χ2n) is 12.0. The van der Waals surface area contributed by atoms with Gasteiger partial charge >= 0.3 is 0 Å². The van der Waals surface area contributed by atoms with Gasteiger partial charge in [-0.25, -0.2) is 15.0 Å². The van der Waals surface area contributed by atoms with Crippen LogP contribution in [0.5, 0.6) is 0 Å². The zero-order valence-electron chi connectivity index (χ0n) is 25.2. The summed E-state index contributed by atoms with van der Waals surface area (Å²) in [5.74, 6) is 1.86. The van der Waals surface area contributed by atoms with E-state index in [-0.39, 0.29) is 0 Å². The van der Waals surface area contributed by atoms with E-state index < -0.39 is 0 Å². The molecule has 10 rings (SSSR count). The predicted octanol–water partition coefficient (Wildman–Crippen LogP) is 11.4.